The van der Waals surface area contributed by atoms with Crippen LogP contribution in [0.5, 0.6) is 0 Å². The summed E-state index contributed by atoms with van der Waals surface area (Å²) < 4.78 is 19.0. The lowest BCUT2D eigenvalue weighted by Gasteiger charge is -2.19. The Kier molecular flexibility index (Phi) is 5.09. The predicted molar refractivity (Wildman–Crippen MR) is 92.3 cm³/mol. The van der Waals surface area contributed by atoms with Crippen LogP contribution in [0.15, 0.2) is 60.7 Å². The first-order valence-electron chi connectivity index (χ1n) is 8.07. The molecule has 0 N–H and O–H groups in total. The molecule has 0 saturated carbocycles. The molecule has 126 valence electrons. The van der Waals surface area contributed by atoms with Gasteiger partial charge in [-0.3, -0.25) is 4.84 Å². The molecule has 1 aliphatic rings. The van der Waals surface area contributed by atoms with E-state index in [2.05, 4.69) is 0 Å². The Labute approximate surface area is 142 Å². The van der Waals surface area contributed by atoms with Gasteiger partial charge in [0.1, 0.15) is 5.82 Å². The summed E-state index contributed by atoms with van der Waals surface area (Å²) in [5.74, 6) is -0.238. The van der Waals surface area contributed by atoms with E-state index >= 15 is 0 Å². The highest BCUT2D eigenvalue weighted by atomic mass is 19.1. The summed E-state index contributed by atoms with van der Waals surface area (Å²) in [5, 5.41) is 1.85. The Morgan fingerprint density at radius 2 is 1.88 bits per heavy atom. The molecule has 0 radical (unpaired) electrons. The molecule has 4 heteroatoms. The van der Waals surface area contributed by atoms with E-state index in [1.165, 1.54) is 12.1 Å². The number of hydroxylamine groups is 2. The van der Waals surface area contributed by atoms with Crippen molar-refractivity contribution in [1.82, 2.24) is 5.06 Å². The Hall–Kier alpha value is -2.01. The van der Waals surface area contributed by atoms with Crippen molar-refractivity contribution in [2.45, 2.75) is 32.3 Å². The molecule has 1 heterocycles. The molecule has 0 amide bonds. The number of rotatable bonds is 5. The van der Waals surface area contributed by atoms with Crippen LogP contribution in [0.3, 0.4) is 0 Å². The van der Waals surface area contributed by atoms with Crippen LogP contribution in [0, 0.1) is 5.82 Å². The summed E-state index contributed by atoms with van der Waals surface area (Å²) in [7, 11) is 0. The maximum atomic E-state index is 13.0. The fraction of sp³-hybridized carbons (Fsp3) is 0.300. The highest BCUT2D eigenvalue weighted by molar-refractivity contribution is 5.49. The van der Waals surface area contributed by atoms with Crippen LogP contribution in [0.2, 0.25) is 0 Å². The lowest BCUT2D eigenvalue weighted by Crippen LogP contribution is -2.30. The molecule has 2 aromatic carbocycles. The second kappa shape index (κ2) is 7.26. The van der Waals surface area contributed by atoms with E-state index in [0.717, 1.165) is 11.1 Å². The first-order chi connectivity index (χ1) is 11.5. The van der Waals surface area contributed by atoms with E-state index in [-0.39, 0.29) is 17.6 Å². The van der Waals surface area contributed by atoms with Crippen LogP contribution in [0.1, 0.15) is 25.0 Å². The van der Waals surface area contributed by atoms with Crippen molar-refractivity contribution < 1.29 is 14.0 Å². The number of nitrogens with zero attached hydrogens (tertiary/aromatic N) is 1. The molecule has 1 fully saturated rings. The van der Waals surface area contributed by atoms with E-state index in [4.69, 9.17) is 9.57 Å². The van der Waals surface area contributed by atoms with Gasteiger partial charge in [-0.05, 0) is 43.2 Å². The minimum atomic E-state index is -0.283. The molecule has 0 aromatic heterocycles. The molecule has 3 rings (SSSR count). The third-order valence-electron chi connectivity index (χ3n) is 3.82. The average molecular weight is 327 g/mol. The molecule has 2 aromatic rings. The summed E-state index contributed by atoms with van der Waals surface area (Å²) in [6.07, 6.45) is 3.59. The normalized spacial score (nSPS) is 20.7. The van der Waals surface area contributed by atoms with Crippen molar-refractivity contribution in [2.75, 3.05) is 6.54 Å². The summed E-state index contributed by atoms with van der Waals surface area (Å²) >= 11 is 0. The van der Waals surface area contributed by atoms with Gasteiger partial charge in [-0.25, -0.2) is 4.39 Å². The fourth-order valence-electron chi connectivity index (χ4n) is 2.64. The molecular formula is C20H22FNO2. The molecule has 0 bridgehead atoms. The first-order valence-corrected chi connectivity index (χ1v) is 8.07. The van der Waals surface area contributed by atoms with Gasteiger partial charge in [-0.2, -0.15) is 5.06 Å². The third-order valence-corrected chi connectivity index (χ3v) is 3.82. The summed E-state index contributed by atoms with van der Waals surface area (Å²) in [4.78, 5) is 5.94. The lowest BCUT2D eigenvalue weighted by atomic mass is 10.1. The minimum absolute atomic E-state index is 0.238. The molecule has 1 atom stereocenters. The Bertz CT molecular complexity index is 683. The van der Waals surface area contributed by atoms with E-state index in [0.29, 0.717) is 13.2 Å². The van der Waals surface area contributed by atoms with Crippen molar-refractivity contribution in [2.24, 2.45) is 0 Å². The molecule has 3 nitrogen and oxygen atoms in total. The smallest absolute Gasteiger partial charge is 0.153 e. The van der Waals surface area contributed by atoms with E-state index in [9.17, 15) is 4.39 Å². The van der Waals surface area contributed by atoms with Gasteiger partial charge in [-0.15, -0.1) is 0 Å². The standard InChI is InChI=1S/C20H22FNO2/c1-20(2)15-22(23-14-17-6-4-3-5-7-17)19(24-20)13-10-16-8-11-18(21)12-9-16/h3-13,19H,14-15H2,1-2H3. The number of hydrogen-bond donors (Lipinski definition) is 0. The third kappa shape index (κ3) is 4.51. The van der Waals surface area contributed by atoms with Crippen molar-refractivity contribution in [3.63, 3.8) is 0 Å². The number of halogens is 1. The van der Waals surface area contributed by atoms with Crippen molar-refractivity contribution >= 4 is 6.08 Å². The highest BCUT2D eigenvalue weighted by Crippen LogP contribution is 2.27. The molecule has 1 aliphatic heterocycles. The van der Waals surface area contributed by atoms with Crippen LogP contribution in [0.4, 0.5) is 4.39 Å². The summed E-state index contributed by atoms with van der Waals surface area (Å²) in [5.41, 5.74) is 1.75. The van der Waals surface area contributed by atoms with Crippen LogP contribution in [-0.2, 0) is 16.2 Å². The van der Waals surface area contributed by atoms with Crippen molar-refractivity contribution in [1.29, 1.82) is 0 Å². The Morgan fingerprint density at radius 1 is 1.17 bits per heavy atom. The number of hydrogen-bond acceptors (Lipinski definition) is 3. The van der Waals surface area contributed by atoms with Gasteiger partial charge in [0.25, 0.3) is 0 Å². The minimum Gasteiger partial charge on any atom is -0.350 e. The summed E-state index contributed by atoms with van der Waals surface area (Å²) in [6.45, 7) is 5.26. The van der Waals surface area contributed by atoms with Gasteiger partial charge in [-0.1, -0.05) is 48.5 Å². The second-order valence-electron chi connectivity index (χ2n) is 6.51. The molecule has 1 saturated heterocycles. The topological polar surface area (TPSA) is 21.7 Å². The van der Waals surface area contributed by atoms with E-state index in [1.54, 1.807) is 12.1 Å². The van der Waals surface area contributed by atoms with E-state index in [1.807, 2.05) is 61.4 Å². The maximum absolute atomic E-state index is 13.0. The fourth-order valence-corrected chi connectivity index (χ4v) is 2.64. The molecule has 24 heavy (non-hydrogen) atoms. The molecular weight excluding hydrogens is 305 g/mol. The van der Waals surface area contributed by atoms with Gasteiger partial charge >= 0.3 is 0 Å². The maximum Gasteiger partial charge on any atom is 0.153 e. The van der Waals surface area contributed by atoms with Crippen LogP contribution >= 0.6 is 0 Å². The van der Waals surface area contributed by atoms with Gasteiger partial charge in [0, 0.05) is 0 Å². The zero-order valence-corrected chi connectivity index (χ0v) is 14.0. The Morgan fingerprint density at radius 3 is 2.58 bits per heavy atom. The quantitative estimate of drug-likeness (QED) is 0.812. The Balaban J connectivity index is 1.66. The van der Waals surface area contributed by atoms with Crippen LogP contribution in [0.25, 0.3) is 6.08 Å². The van der Waals surface area contributed by atoms with Crippen molar-refractivity contribution in [3.05, 3.63) is 77.6 Å². The van der Waals surface area contributed by atoms with Gasteiger partial charge in [0.05, 0.1) is 18.8 Å². The number of benzene rings is 2. The molecule has 1 unspecified atom stereocenters. The summed E-state index contributed by atoms with van der Waals surface area (Å²) in [6, 6.07) is 16.4. The molecule has 0 spiro atoms. The monoisotopic (exact) mass is 327 g/mol. The highest BCUT2D eigenvalue weighted by Gasteiger charge is 2.37. The zero-order chi connectivity index (χ0) is 17.0. The molecule has 0 aliphatic carbocycles. The predicted octanol–water partition coefficient (Wildman–Crippen LogP) is 4.41. The van der Waals surface area contributed by atoms with Crippen LogP contribution < -0.4 is 0 Å². The van der Waals surface area contributed by atoms with Gasteiger partial charge in [0.2, 0.25) is 0 Å². The van der Waals surface area contributed by atoms with Crippen LogP contribution in [-0.4, -0.2) is 23.4 Å². The van der Waals surface area contributed by atoms with Gasteiger partial charge in [0.15, 0.2) is 6.23 Å². The van der Waals surface area contributed by atoms with Gasteiger partial charge < -0.3 is 4.74 Å². The SMILES string of the molecule is CC1(C)CN(OCc2ccccc2)C(C=Cc2ccc(F)cc2)O1. The van der Waals surface area contributed by atoms with E-state index < -0.39 is 0 Å². The largest absolute Gasteiger partial charge is 0.350 e. The lowest BCUT2D eigenvalue weighted by molar-refractivity contribution is -0.198. The first kappa shape index (κ1) is 16.8. The van der Waals surface area contributed by atoms with Crippen molar-refractivity contribution in [3.8, 4) is 0 Å². The average Bonchev–Trinajstić information content (AvgIpc) is 2.87. The number of ether oxygens (including phenoxy) is 1. The zero-order valence-electron chi connectivity index (χ0n) is 14.0. The second-order valence-corrected chi connectivity index (χ2v) is 6.51.